The molecule has 0 heterocycles. The highest BCUT2D eigenvalue weighted by atomic mass is 14.8. The predicted octanol–water partition coefficient (Wildman–Crippen LogP) is 1.30. The molecule has 0 aliphatic heterocycles. The third-order valence-electron chi connectivity index (χ3n) is 0.548. The van der Waals surface area contributed by atoms with Gasteiger partial charge in [-0.3, -0.25) is 0 Å². The van der Waals surface area contributed by atoms with Crippen molar-refractivity contribution in [2.24, 2.45) is 0 Å². The third kappa shape index (κ3) is 5.28. The first kappa shape index (κ1) is 6.28. The topological polar surface area (TPSA) is 12.0 Å². The maximum Gasteiger partial charge on any atom is 0.0349 e. The fourth-order valence-electron chi connectivity index (χ4n) is 0.246. The average Bonchev–Trinajstić information content (AvgIpc) is 1.61. The van der Waals surface area contributed by atoms with Crippen LogP contribution in [0.5, 0.6) is 0 Å². The van der Waals surface area contributed by atoms with Crippen molar-refractivity contribution in [2.45, 2.75) is 6.92 Å². The lowest BCUT2D eigenvalue weighted by molar-refractivity contribution is 0.943. The van der Waals surface area contributed by atoms with E-state index in [0.29, 0.717) is 0 Å². The molecule has 40 valence electrons. The maximum absolute atomic E-state index is 3.68. The van der Waals surface area contributed by atoms with Gasteiger partial charge in [-0.25, -0.2) is 0 Å². The lowest BCUT2D eigenvalue weighted by atomic mass is 10.4. The van der Waals surface area contributed by atoms with Crippen molar-refractivity contribution >= 4 is 0 Å². The predicted molar refractivity (Wildman–Crippen MR) is 33.0 cm³/mol. The van der Waals surface area contributed by atoms with Crippen molar-refractivity contribution in [1.82, 2.24) is 5.32 Å². The molecule has 0 aromatic rings. The van der Waals surface area contributed by atoms with Crippen LogP contribution in [0.4, 0.5) is 0 Å². The summed E-state index contributed by atoms with van der Waals surface area (Å²) in [5.41, 5.74) is 1.12. The highest BCUT2D eigenvalue weighted by molar-refractivity contribution is 4.91. The van der Waals surface area contributed by atoms with Crippen LogP contribution in [0.3, 0.4) is 0 Å². The summed E-state index contributed by atoms with van der Waals surface area (Å²) in [4.78, 5) is 0. The molecule has 0 saturated carbocycles. The van der Waals surface area contributed by atoms with E-state index in [-0.39, 0.29) is 0 Å². The zero-order valence-corrected chi connectivity index (χ0v) is 4.70. The molecule has 0 fully saturated rings. The van der Waals surface area contributed by atoms with Gasteiger partial charge in [0.2, 0.25) is 0 Å². The van der Waals surface area contributed by atoms with Crippen molar-refractivity contribution in [2.75, 3.05) is 6.54 Å². The lowest BCUT2D eigenvalue weighted by Gasteiger charge is -1.94. The lowest BCUT2D eigenvalue weighted by Crippen LogP contribution is -2.05. The van der Waals surface area contributed by atoms with E-state index in [4.69, 9.17) is 0 Å². The molecule has 0 spiro atoms. The van der Waals surface area contributed by atoms with Gasteiger partial charge < -0.3 is 5.32 Å². The van der Waals surface area contributed by atoms with E-state index >= 15 is 0 Å². The normalized spacial score (nSPS) is 7.57. The van der Waals surface area contributed by atoms with Crippen LogP contribution in [-0.2, 0) is 0 Å². The fourth-order valence-corrected chi connectivity index (χ4v) is 0.246. The number of hydrogen-bond acceptors (Lipinski definition) is 1. The Kier molecular flexibility index (Phi) is 3.11. The van der Waals surface area contributed by atoms with Gasteiger partial charge in [0.15, 0.2) is 0 Å². The molecule has 0 unspecified atom stereocenters. The van der Waals surface area contributed by atoms with Crippen LogP contribution in [0.2, 0.25) is 0 Å². The highest BCUT2D eigenvalue weighted by Crippen LogP contribution is 1.79. The van der Waals surface area contributed by atoms with Gasteiger partial charge in [0.1, 0.15) is 0 Å². The van der Waals surface area contributed by atoms with E-state index in [1.54, 1.807) is 6.20 Å². The molecule has 0 aromatic heterocycles. The average molecular weight is 97.2 g/mol. The number of rotatable bonds is 3. The molecule has 0 rings (SSSR count). The molecule has 0 aromatic carbocycles. The fraction of sp³-hybridized carbons (Fsp3) is 0.333. The minimum atomic E-state index is 0.837. The quantitative estimate of drug-likeness (QED) is 0.523. The van der Waals surface area contributed by atoms with Crippen molar-refractivity contribution in [3.05, 3.63) is 24.9 Å². The van der Waals surface area contributed by atoms with Crippen molar-refractivity contribution in [1.29, 1.82) is 0 Å². The van der Waals surface area contributed by atoms with Crippen LogP contribution in [0.1, 0.15) is 6.92 Å². The van der Waals surface area contributed by atoms with E-state index < -0.39 is 0 Å². The van der Waals surface area contributed by atoms with Crippen molar-refractivity contribution in [3.8, 4) is 0 Å². The Morgan fingerprint density at radius 2 is 2.43 bits per heavy atom. The largest absolute Gasteiger partial charge is 0.388 e. The molecule has 0 amide bonds. The second-order valence-corrected chi connectivity index (χ2v) is 1.54. The monoisotopic (exact) mass is 97.1 g/mol. The molecule has 0 aliphatic carbocycles. The molecule has 0 radical (unpaired) electrons. The zero-order valence-electron chi connectivity index (χ0n) is 4.70. The van der Waals surface area contributed by atoms with Crippen LogP contribution in [0, 0.1) is 0 Å². The summed E-state index contributed by atoms with van der Waals surface area (Å²) < 4.78 is 0. The van der Waals surface area contributed by atoms with E-state index in [9.17, 15) is 0 Å². The summed E-state index contributed by atoms with van der Waals surface area (Å²) >= 11 is 0. The van der Waals surface area contributed by atoms with Crippen LogP contribution < -0.4 is 5.32 Å². The van der Waals surface area contributed by atoms with Gasteiger partial charge in [-0.2, -0.15) is 0 Å². The van der Waals surface area contributed by atoms with Crippen molar-refractivity contribution < 1.29 is 0 Å². The maximum atomic E-state index is 3.68. The van der Waals surface area contributed by atoms with Crippen LogP contribution in [0.25, 0.3) is 0 Å². The van der Waals surface area contributed by atoms with E-state index in [1.165, 1.54) is 0 Å². The van der Waals surface area contributed by atoms with Crippen LogP contribution >= 0.6 is 0 Å². The van der Waals surface area contributed by atoms with E-state index in [0.717, 1.165) is 12.1 Å². The smallest absolute Gasteiger partial charge is 0.0349 e. The molecule has 0 aliphatic rings. The second kappa shape index (κ2) is 3.47. The van der Waals surface area contributed by atoms with Crippen LogP contribution in [0.15, 0.2) is 24.9 Å². The van der Waals surface area contributed by atoms with Gasteiger partial charge in [-0.1, -0.05) is 18.7 Å². The van der Waals surface area contributed by atoms with Gasteiger partial charge in [0.05, 0.1) is 0 Å². The Morgan fingerprint density at radius 3 is 2.57 bits per heavy atom. The molecular formula is C6H11N. The zero-order chi connectivity index (χ0) is 5.70. The first-order chi connectivity index (χ1) is 3.27. The summed E-state index contributed by atoms with van der Waals surface area (Å²) in [6, 6.07) is 0. The Hall–Kier alpha value is -0.720. The standard InChI is InChI=1S/C6H11N/c1-4-7-5-6(2)3/h4,7H,1-2,5H2,3H3. The molecule has 0 bridgehead atoms. The minimum absolute atomic E-state index is 0.837. The number of nitrogens with one attached hydrogen (secondary N) is 1. The first-order valence-corrected chi connectivity index (χ1v) is 2.26. The third-order valence-corrected chi connectivity index (χ3v) is 0.548. The molecule has 0 atom stereocenters. The summed E-state index contributed by atoms with van der Waals surface area (Å²) in [5.74, 6) is 0. The summed E-state index contributed by atoms with van der Waals surface area (Å²) in [6.07, 6.45) is 1.66. The van der Waals surface area contributed by atoms with E-state index in [1.807, 2.05) is 6.92 Å². The molecular weight excluding hydrogens is 86.1 g/mol. The Morgan fingerprint density at radius 1 is 1.86 bits per heavy atom. The second-order valence-electron chi connectivity index (χ2n) is 1.54. The molecule has 7 heavy (non-hydrogen) atoms. The summed E-state index contributed by atoms with van der Waals surface area (Å²) in [6.45, 7) is 9.97. The molecule has 1 N–H and O–H groups in total. The molecule has 1 nitrogen and oxygen atoms in total. The molecule has 1 heteroatoms. The summed E-state index contributed by atoms with van der Waals surface area (Å²) in [7, 11) is 0. The first-order valence-electron chi connectivity index (χ1n) is 2.26. The van der Waals surface area contributed by atoms with E-state index in [2.05, 4.69) is 18.5 Å². The van der Waals surface area contributed by atoms with Gasteiger partial charge in [-0.05, 0) is 13.1 Å². The SMILES string of the molecule is C=CNCC(=C)C. The Labute approximate surface area is 44.7 Å². The van der Waals surface area contributed by atoms with Crippen molar-refractivity contribution in [3.63, 3.8) is 0 Å². The van der Waals surface area contributed by atoms with Crippen LogP contribution in [-0.4, -0.2) is 6.54 Å². The Bertz CT molecular complexity index is 74.2. The van der Waals surface area contributed by atoms with Gasteiger partial charge in [0, 0.05) is 6.54 Å². The highest BCUT2D eigenvalue weighted by Gasteiger charge is 1.75. The van der Waals surface area contributed by atoms with Gasteiger partial charge in [-0.15, -0.1) is 0 Å². The molecule has 0 saturated heterocycles. The minimum Gasteiger partial charge on any atom is -0.388 e. The van der Waals surface area contributed by atoms with Gasteiger partial charge in [0.25, 0.3) is 0 Å². The summed E-state index contributed by atoms with van der Waals surface area (Å²) in [5, 5.41) is 2.91. The Balaban J connectivity index is 2.97. The number of hydrogen-bond donors (Lipinski definition) is 1. The van der Waals surface area contributed by atoms with Gasteiger partial charge >= 0.3 is 0 Å².